The van der Waals surface area contributed by atoms with Crippen LogP contribution >= 0.6 is 23.8 Å². The number of fused-ring (bicyclic) bond motifs is 1. The zero-order chi connectivity index (χ0) is 17.1. The molecule has 0 aliphatic carbocycles. The topological polar surface area (TPSA) is 60.0 Å². The van der Waals surface area contributed by atoms with Gasteiger partial charge in [-0.2, -0.15) is 0 Å². The molecular formula is C16H15BClNO4S. The van der Waals surface area contributed by atoms with Crippen molar-refractivity contribution in [2.45, 2.75) is 13.2 Å². The van der Waals surface area contributed by atoms with Gasteiger partial charge in [-0.05, 0) is 41.5 Å². The van der Waals surface area contributed by atoms with Crippen molar-refractivity contribution in [2.24, 2.45) is 0 Å². The summed E-state index contributed by atoms with van der Waals surface area (Å²) in [5.41, 5.74) is 2.96. The summed E-state index contributed by atoms with van der Waals surface area (Å²) in [6.07, 6.45) is 0. The summed E-state index contributed by atoms with van der Waals surface area (Å²) < 4.78 is 15.8. The molecule has 2 N–H and O–H groups in total. The van der Waals surface area contributed by atoms with E-state index in [-0.39, 0.29) is 5.17 Å². The van der Waals surface area contributed by atoms with E-state index in [1.54, 1.807) is 13.2 Å². The monoisotopic (exact) mass is 363 g/mol. The van der Waals surface area contributed by atoms with Crippen molar-refractivity contribution in [1.29, 1.82) is 0 Å². The van der Waals surface area contributed by atoms with Crippen LogP contribution in [0.4, 0.5) is 5.69 Å². The van der Waals surface area contributed by atoms with Crippen LogP contribution < -0.4 is 15.5 Å². The first kappa shape index (κ1) is 17.0. The van der Waals surface area contributed by atoms with Crippen LogP contribution in [0.2, 0.25) is 5.02 Å². The molecule has 0 spiro atoms. The average molecular weight is 364 g/mol. The Labute approximate surface area is 150 Å². The first-order chi connectivity index (χ1) is 11.6. The Hall–Kier alpha value is -1.80. The number of hydrogen-bond donors (Lipinski definition) is 2. The fourth-order valence-corrected chi connectivity index (χ4v) is 2.88. The normalized spacial score (nSPS) is 12.7. The quantitative estimate of drug-likeness (QED) is 0.643. The fraction of sp³-hybridized carbons (Fsp3) is 0.188. The Balaban J connectivity index is 1.62. The van der Waals surface area contributed by atoms with Gasteiger partial charge in [0.2, 0.25) is 0 Å². The Morgan fingerprint density at radius 1 is 1.33 bits per heavy atom. The van der Waals surface area contributed by atoms with E-state index in [1.807, 2.05) is 30.3 Å². The Morgan fingerprint density at radius 3 is 2.79 bits per heavy atom. The van der Waals surface area contributed by atoms with Gasteiger partial charge in [-0.25, -0.2) is 0 Å². The molecule has 0 saturated heterocycles. The molecule has 0 amide bonds. The van der Waals surface area contributed by atoms with Gasteiger partial charge in [0.05, 0.1) is 24.4 Å². The van der Waals surface area contributed by atoms with E-state index >= 15 is 0 Å². The number of anilines is 1. The van der Waals surface area contributed by atoms with Crippen LogP contribution in [-0.2, 0) is 22.6 Å². The third kappa shape index (κ3) is 3.65. The molecule has 0 bridgehead atoms. The molecule has 0 unspecified atom stereocenters. The van der Waals surface area contributed by atoms with Crippen LogP contribution in [0.25, 0.3) is 0 Å². The largest absolute Gasteiger partial charge is 0.497 e. The minimum Gasteiger partial charge on any atom is -0.497 e. The summed E-state index contributed by atoms with van der Waals surface area (Å²) in [6.45, 7) is 0.666. The second kappa shape index (κ2) is 7.40. The predicted octanol–water partition coefficient (Wildman–Crippen LogP) is 2.48. The van der Waals surface area contributed by atoms with Gasteiger partial charge >= 0.3 is 7.12 Å². The first-order valence-electron chi connectivity index (χ1n) is 7.26. The van der Waals surface area contributed by atoms with Crippen LogP contribution in [0.1, 0.15) is 11.1 Å². The van der Waals surface area contributed by atoms with E-state index in [0.717, 1.165) is 16.9 Å². The van der Waals surface area contributed by atoms with E-state index in [0.29, 0.717) is 29.4 Å². The maximum atomic E-state index is 9.81. The predicted molar refractivity (Wildman–Crippen MR) is 97.9 cm³/mol. The van der Waals surface area contributed by atoms with Crippen LogP contribution in [0.15, 0.2) is 36.4 Å². The maximum Gasteiger partial charge on any atom is 0.493 e. The number of rotatable bonds is 4. The van der Waals surface area contributed by atoms with Gasteiger partial charge in [0.15, 0.2) is 0 Å². The lowest BCUT2D eigenvalue weighted by Gasteiger charge is -2.13. The molecule has 5 nitrogen and oxygen atoms in total. The highest BCUT2D eigenvalue weighted by Gasteiger charge is 2.31. The van der Waals surface area contributed by atoms with Gasteiger partial charge in [-0.15, -0.1) is 0 Å². The molecule has 1 heterocycles. The summed E-state index contributed by atoms with van der Waals surface area (Å²) >= 11 is 11.5. The van der Waals surface area contributed by atoms with Crippen molar-refractivity contribution >= 4 is 47.3 Å². The smallest absolute Gasteiger partial charge is 0.493 e. The molecule has 3 rings (SSSR count). The van der Waals surface area contributed by atoms with Gasteiger partial charge in [-0.1, -0.05) is 29.8 Å². The molecule has 0 fully saturated rings. The van der Waals surface area contributed by atoms with Crippen molar-refractivity contribution < 1.29 is 19.2 Å². The molecular weight excluding hydrogens is 349 g/mol. The van der Waals surface area contributed by atoms with Crippen molar-refractivity contribution in [3.05, 3.63) is 52.5 Å². The summed E-state index contributed by atoms with van der Waals surface area (Å²) in [5.74, 6) is 0.783. The lowest BCUT2D eigenvalue weighted by Crippen LogP contribution is -2.30. The highest BCUT2D eigenvalue weighted by Crippen LogP contribution is 2.25. The van der Waals surface area contributed by atoms with E-state index < -0.39 is 7.12 Å². The minimum atomic E-state index is -1.01. The van der Waals surface area contributed by atoms with Gasteiger partial charge in [0.1, 0.15) is 12.4 Å². The van der Waals surface area contributed by atoms with Crippen LogP contribution in [0.5, 0.6) is 5.75 Å². The number of hydrogen-bond acceptors (Lipinski definition) is 5. The second-order valence-corrected chi connectivity index (χ2v) is 5.96. The van der Waals surface area contributed by atoms with Crippen molar-refractivity contribution in [3.63, 3.8) is 0 Å². The van der Waals surface area contributed by atoms with Crippen molar-refractivity contribution in [1.82, 2.24) is 0 Å². The summed E-state index contributed by atoms with van der Waals surface area (Å²) in [4.78, 5) is 0. The molecule has 2 aromatic carbocycles. The average Bonchev–Trinajstić information content (AvgIpc) is 2.98. The number of ether oxygens (including phenoxy) is 2. The molecule has 0 saturated carbocycles. The SMILES string of the molecule is COc1ccc(COC(=S)Nc2ccc3c(c2Cl)B(O)OC3)cc1. The first-order valence-corrected chi connectivity index (χ1v) is 8.04. The number of nitrogens with one attached hydrogen (secondary N) is 1. The van der Waals surface area contributed by atoms with Crippen molar-refractivity contribution in [2.75, 3.05) is 12.4 Å². The van der Waals surface area contributed by atoms with Gasteiger partial charge in [0.25, 0.3) is 5.17 Å². The number of halogens is 1. The maximum absolute atomic E-state index is 9.81. The van der Waals surface area contributed by atoms with E-state index in [4.69, 9.17) is 37.9 Å². The summed E-state index contributed by atoms with van der Waals surface area (Å²) in [5, 5.41) is 13.3. The van der Waals surface area contributed by atoms with Crippen LogP contribution in [-0.4, -0.2) is 24.4 Å². The van der Waals surface area contributed by atoms with Gasteiger partial charge in [-0.3, -0.25) is 0 Å². The molecule has 2 aromatic rings. The molecule has 0 atom stereocenters. The third-order valence-electron chi connectivity index (χ3n) is 3.68. The number of thiocarbonyl (C=S) groups is 1. The van der Waals surface area contributed by atoms with Crippen LogP contribution in [0, 0.1) is 0 Å². The zero-order valence-electron chi connectivity index (χ0n) is 12.9. The molecule has 1 aliphatic heterocycles. The highest BCUT2D eigenvalue weighted by atomic mass is 35.5. The molecule has 124 valence electrons. The Morgan fingerprint density at radius 2 is 2.08 bits per heavy atom. The summed E-state index contributed by atoms with van der Waals surface area (Å²) in [6, 6.07) is 11.1. The summed E-state index contributed by atoms with van der Waals surface area (Å²) in [7, 11) is 0.607. The molecule has 0 radical (unpaired) electrons. The molecule has 0 aromatic heterocycles. The lowest BCUT2D eigenvalue weighted by atomic mass is 9.79. The Kier molecular flexibility index (Phi) is 5.25. The zero-order valence-corrected chi connectivity index (χ0v) is 14.5. The van der Waals surface area contributed by atoms with Crippen molar-refractivity contribution in [3.8, 4) is 5.75 Å². The molecule has 8 heteroatoms. The standard InChI is InChI=1S/C16H15BClNO4S/c1-21-12-5-2-10(3-6-12)8-22-16(24)19-13-7-4-11-9-23-17(20)14(11)15(13)18/h2-7,20H,8-9H2,1H3,(H,19,24). The Bertz CT molecular complexity index is 756. The third-order valence-corrected chi connectivity index (χ3v) is 4.31. The fourth-order valence-electron chi connectivity index (χ4n) is 2.39. The van der Waals surface area contributed by atoms with Crippen LogP contribution in [0.3, 0.4) is 0 Å². The number of methoxy groups -OCH3 is 1. The second-order valence-electron chi connectivity index (χ2n) is 5.21. The number of benzene rings is 2. The van der Waals surface area contributed by atoms with E-state index in [1.165, 1.54) is 0 Å². The van der Waals surface area contributed by atoms with Gasteiger partial charge < -0.3 is 24.5 Å². The highest BCUT2D eigenvalue weighted by molar-refractivity contribution is 7.80. The lowest BCUT2D eigenvalue weighted by molar-refractivity contribution is 0.275. The minimum absolute atomic E-state index is 0.195. The molecule has 1 aliphatic rings. The van der Waals surface area contributed by atoms with E-state index in [9.17, 15) is 5.02 Å². The van der Waals surface area contributed by atoms with Gasteiger partial charge in [0, 0.05) is 5.46 Å². The van der Waals surface area contributed by atoms with E-state index in [2.05, 4.69) is 5.32 Å². The molecule has 24 heavy (non-hydrogen) atoms.